The topological polar surface area (TPSA) is 41.1 Å². The average Bonchev–Trinajstić information content (AvgIpc) is 2.18. The Hall–Kier alpha value is -1.13. The van der Waals surface area contributed by atoms with Gasteiger partial charge in [-0.1, -0.05) is 11.6 Å². The van der Waals surface area contributed by atoms with E-state index in [4.69, 9.17) is 11.6 Å². The highest BCUT2D eigenvalue weighted by molar-refractivity contribution is 6.33. The van der Waals surface area contributed by atoms with Crippen LogP contribution in [0.3, 0.4) is 0 Å². The van der Waals surface area contributed by atoms with Crippen molar-refractivity contribution >= 4 is 23.2 Å². The molecule has 1 rings (SSSR count). The molecule has 2 N–H and O–H groups in total. The van der Waals surface area contributed by atoms with Crippen LogP contribution in [0.15, 0.2) is 18.2 Å². The van der Waals surface area contributed by atoms with Crippen LogP contribution < -0.4 is 10.6 Å². The lowest BCUT2D eigenvalue weighted by Gasteiger charge is -2.20. The molecule has 0 aliphatic carbocycles. The fourth-order valence-corrected chi connectivity index (χ4v) is 1.35. The van der Waals surface area contributed by atoms with Crippen molar-refractivity contribution in [1.29, 1.82) is 0 Å². The van der Waals surface area contributed by atoms with E-state index in [0.29, 0.717) is 5.69 Å². The molecule has 0 saturated heterocycles. The molecule has 0 saturated carbocycles. The first kappa shape index (κ1) is 13.9. The molecule has 0 bridgehead atoms. The highest BCUT2D eigenvalue weighted by atomic mass is 35.5. The summed E-state index contributed by atoms with van der Waals surface area (Å²) < 4.78 is 12.8. The van der Waals surface area contributed by atoms with Gasteiger partial charge in [0.1, 0.15) is 5.82 Å². The second kappa shape index (κ2) is 5.47. The number of halogens is 2. The van der Waals surface area contributed by atoms with Crippen molar-refractivity contribution in [2.24, 2.45) is 0 Å². The number of amides is 1. The SMILES string of the molecule is CC(C)(C)NCC(=O)Nc1ccc(F)cc1Cl. The standard InChI is InChI=1S/C12H16ClFN2O/c1-12(2,3)15-7-11(17)16-10-5-4-8(14)6-9(10)13/h4-6,15H,7H2,1-3H3,(H,16,17). The Morgan fingerprint density at radius 2 is 2.06 bits per heavy atom. The molecule has 0 aliphatic heterocycles. The lowest BCUT2D eigenvalue weighted by molar-refractivity contribution is -0.115. The minimum absolute atomic E-state index is 0.135. The normalized spacial score (nSPS) is 11.4. The third-order valence-corrected chi connectivity index (χ3v) is 2.30. The van der Waals surface area contributed by atoms with Crippen LogP contribution in [0.1, 0.15) is 20.8 Å². The Morgan fingerprint density at radius 3 is 2.59 bits per heavy atom. The van der Waals surface area contributed by atoms with Crippen LogP contribution in [0.4, 0.5) is 10.1 Å². The molecule has 5 heteroatoms. The van der Waals surface area contributed by atoms with E-state index >= 15 is 0 Å². The Balaban J connectivity index is 2.57. The van der Waals surface area contributed by atoms with Gasteiger partial charge in [-0.15, -0.1) is 0 Å². The maximum absolute atomic E-state index is 12.8. The summed E-state index contributed by atoms with van der Waals surface area (Å²) in [6.07, 6.45) is 0. The summed E-state index contributed by atoms with van der Waals surface area (Å²) in [5.74, 6) is -0.644. The van der Waals surface area contributed by atoms with Gasteiger partial charge in [-0.25, -0.2) is 4.39 Å². The average molecular weight is 259 g/mol. The number of rotatable bonds is 3. The van der Waals surface area contributed by atoms with Crippen molar-refractivity contribution in [2.45, 2.75) is 26.3 Å². The van der Waals surface area contributed by atoms with Gasteiger partial charge < -0.3 is 10.6 Å². The Kier molecular flexibility index (Phi) is 4.48. The third-order valence-electron chi connectivity index (χ3n) is 1.98. The van der Waals surface area contributed by atoms with Gasteiger partial charge in [0, 0.05) is 5.54 Å². The molecule has 17 heavy (non-hydrogen) atoms. The first-order valence-electron chi connectivity index (χ1n) is 5.28. The number of carbonyl (C=O) groups excluding carboxylic acids is 1. The highest BCUT2D eigenvalue weighted by Crippen LogP contribution is 2.22. The molecular weight excluding hydrogens is 243 g/mol. The van der Waals surface area contributed by atoms with Gasteiger partial charge in [-0.05, 0) is 39.0 Å². The van der Waals surface area contributed by atoms with Gasteiger partial charge in [0.15, 0.2) is 0 Å². The van der Waals surface area contributed by atoms with Crippen molar-refractivity contribution < 1.29 is 9.18 Å². The van der Waals surface area contributed by atoms with E-state index in [1.54, 1.807) is 0 Å². The van der Waals surface area contributed by atoms with Crippen molar-refractivity contribution in [3.05, 3.63) is 29.0 Å². The fraction of sp³-hybridized carbons (Fsp3) is 0.417. The molecule has 0 atom stereocenters. The maximum atomic E-state index is 12.8. The fourth-order valence-electron chi connectivity index (χ4n) is 1.13. The molecule has 0 spiro atoms. The minimum atomic E-state index is -0.430. The number of hydrogen-bond donors (Lipinski definition) is 2. The zero-order valence-electron chi connectivity index (χ0n) is 10.1. The molecule has 0 aromatic heterocycles. The van der Waals surface area contributed by atoms with Crippen molar-refractivity contribution in [3.63, 3.8) is 0 Å². The molecule has 1 aromatic rings. The van der Waals surface area contributed by atoms with E-state index < -0.39 is 5.82 Å². The first-order chi connectivity index (χ1) is 7.78. The summed E-state index contributed by atoms with van der Waals surface area (Å²) in [6, 6.07) is 3.85. The number of benzene rings is 1. The highest BCUT2D eigenvalue weighted by Gasteiger charge is 2.12. The van der Waals surface area contributed by atoms with Crippen molar-refractivity contribution in [1.82, 2.24) is 5.32 Å². The molecule has 0 unspecified atom stereocenters. The summed E-state index contributed by atoms with van der Waals surface area (Å²) in [6.45, 7) is 6.07. The van der Waals surface area contributed by atoms with Gasteiger partial charge >= 0.3 is 0 Å². The van der Waals surface area contributed by atoms with E-state index in [9.17, 15) is 9.18 Å². The molecule has 0 aliphatic rings. The van der Waals surface area contributed by atoms with Gasteiger partial charge in [-0.2, -0.15) is 0 Å². The van der Waals surface area contributed by atoms with Gasteiger partial charge in [0.25, 0.3) is 0 Å². The third kappa shape index (κ3) is 5.15. The van der Waals surface area contributed by atoms with E-state index in [2.05, 4.69) is 10.6 Å². The minimum Gasteiger partial charge on any atom is -0.324 e. The van der Waals surface area contributed by atoms with Crippen LogP contribution in [0.2, 0.25) is 5.02 Å². The van der Waals surface area contributed by atoms with Crippen molar-refractivity contribution in [3.8, 4) is 0 Å². The van der Waals surface area contributed by atoms with E-state index in [0.717, 1.165) is 6.07 Å². The molecule has 0 heterocycles. The van der Waals surface area contributed by atoms with Crippen LogP contribution in [-0.2, 0) is 4.79 Å². The van der Waals surface area contributed by atoms with Crippen LogP contribution in [-0.4, -0.2) is 18.0 Å². The van der Waals surface area contributed by atoms with Gasteiger partial charge in [-0.3, -0.25) is 4.79 Å². The summed E-state index contributed by atoms with van der Waals surface area (Å²) in [4.78, 5) is 11.6. The van der Waals surface area contributed by atoms with Crippen molar-refractivity contribution in [2.75, 3.05) is 11.9 Å². The Labute approximate surface area is 105 Å². The summed E-state index contributed by atoms with van der Waals surface area (Å²) in [7, 11) is 0. The van der Waals surface area contributed by atoms with Gasteiger partial charge in [0.2, 0.25) is 5.91 Å². The number of carbonyl (C=O) groups is 1. The van der Waals surface area contributed by atoms with Crippen LogP contribution in [0.25, 0.3) is 0 Å². The van der Waals surface area contributed by atoms with Crippen LogP contribution in [0, 0.1) is 5.82 Å². The lowest BCUT2D eigenvalue weighted by atomic mass is 10.1. The summed E-state index contributed by atoms with van der Waals surface area (Å²) in [5.41, 5.74) is 0.276. The molecule has 94 valence electrons. The molecule has 0 fully saturated rings. The molecular formula is C12H16ClFN2O. The lowest BCUT2D eigenvalue weighted by Crippen LogP contribution is -2.41. The van der Waals surface area contributed by atoms with Crippen LogP contribution >= 0.6 is 11.6 Å². The Morgan fingerprint density at radius 1 is 1.41 bits per heavy atom. The van der Waals surface area contributed by atoms with E-state index in [-0.39, 0.29) is 23.0 Å². The molecule has 0 radical (unpaired) electrons. The molecule has 1 aromatic carbocycles. The number of nitrogens with one attached hydrogen (secondary N) is 2. The summed E-state index contributed by atoms with van der Waals surface area (Å²) >= 11 is 5.79. The number of anilines is 1. The predicted octanol–water partition coefficient (Wildman–Crippen LogP) is 2.81. The number of hydrogen-bond acceptors (Lipinski definition) is 2. The van der Waals surface area contributed by atoms with E-state index in [1.807, 2.05) is 20.8 Å². The smallest absolute Gasteiger partial charge is 0.238 e. The largest absolute Gasteiger partial charge is 0.324 e. The second-order valence-electron chi connectivity index (χ2n) is 4.78. The molecule has 3 nitrogen and oxygen atoms in total. The first-order valence-corrected chi connectivity index (χ1v) is 5.66. The molecule has 1 amide bonds. The second-order valence-corrected chi connectivity index (χ2v) is 5.18. The zero-order valence-corrected chi connectivity index (χ0v) is 10.9. The summed E-state index contributed by atoms with van der Waals surface area (Å²) in [5, 5.41) is 5.84. The van der Waals surface area contributed by atoms with Crippen LogP contribution in [0.5, 0.6) is 0 Å². The predicted molar refractivity (Wildman–Crippen MR) is 67.8 cm³/mol. The maximum Gasteiger partial charge on any atom is 0.238 e. The monoisotopic (exact) mass is 258 g/mol. The van der Waals surface area contributed by atoms with Gasteiger partial charge in [0.05, 0.1) is 17.3 Å². The van der Waals surface area contributed by atoms with E-state index in [1.165, 1.54) is 12.1 Å². The quantitative estimate of drug-likeness (QED) is 0.875. The zero-order chi connectivity index (χ0) is 13.1. The Bertz CT molecular complexity index is 415.